The van der Waals surface area contributed by atoms with Gasteiger partial charge < -0.3 is 4.57 Å². The molecule has 0 bridgehead atoms. The average Bonchev–Trinajstić information content (AvgIpc) is 3.11. The molecule has 0 spiro atoms. The summed E-state index contributed by atoms with van der Waals surface area (Å²) < 4.78 is 30.4. The molecule has 6 nitrogen and oxygen atoms in total. The number of anilines is 1. The number of hydrogen-bond acceptors (Lipinski definition) is 4. The maximum Gasteiger partial charge on any atom is 0.279 e. The molecule has 1 amide bonds. The number of benzene rings is 3. The van der Waals surface area contributed by atoms with Gasteiger partial charge in [-0.15, -0.1) is 6.42 Å². The maximum absolute atomic E-state index is 12.8. The number of fused-ring (bicyclic) bond motifs is 1. The Hall–Kier alpha value is -3.67. The number of carbonyl (C=O) groups excluding carboxylic acids is 1. The summed E-state index contributed by atoms with van der Waals surface area (Å²) in [6.45, 7) is 0.285. The first-order valence-electron chi connectivity index (χ1n) is 9.27. The summed E-state index contributed by atoms with van der Waals surface area (Å²) in [4.78, 5) is 17.7. The van der Waals surface area contributed by atoms with Crippen LogP contribution in [0.15, 0.2) is 88.8 Å². The van der Waals surface area contributed by atoms with Gasteiger partial charge in [0.25, 0.3) is 15.9 Å². The number of amides is 1. The number of thiazole rings is 1. The molecular weight excluding hydrogens is 430 g/mol. The number of sulfonamides is 1. The molecule has 1 heterocycles. The van der Waals surface area contributed by atoms with E-state index in [1.807, 2.05) is 24.3 Å². The molecular formula is C23H17N3O3S2. The van der Waals surface area contributed by atoms with E-state index in [2.05, 4.69) is 15.6 Å². The van der Waals surface area contributed by atoms with E-state index in [9.17, 15) is 13.2 Å². The summed E-state index contributed by atoms with van der Waals surface area (Å²) in [5, 5.41) is 0. The summed E-state index contributed by atoms with van der Waals surface area (Å²) in [6, 6.07) is 21.9. The minimum Gasteiger partial charge on any atom is -0.305 e. The first-order chi connectivity index (χ1) is 15.0. The Labute approximate surface area is 183 Å². The molecule has 0 saturated heterocycles. The van der Waals surface area contributed by atoms with Crippen LogP contribution >= 0.6 is 11.3 Å². The van der Waals surface area contributed by atoms with Crippen LogP contribution in [0.5, 0.6) is 0 Å². The van der Waals surface area contributed by atoms with Crippen LogP contribution in [-0.2, 0) is 16.6 Å². The van der Waals surface area contributed by atoms with Crippen molar-refractivity contribution in [3.05, 3.63) is 89.2 Å². The Balaban J connectivity index is 1.68. The number of rotatable bonds is 5. The molecule has 0 unspecified atom stereocenters. The standard InChI is InChI=1S/C23H17N3O3S2/c1-2-15-26-20-13-6-7-14-21(20)30-23(26)24-22(27)17-9-8-10-18(16-17)25-31(28,29)19-11-4-3-5-12-19/h1,3-14,16,25H,15H2. The van der Waals surface area contributed by atoms with Crippen LogP contribution in [0.3, 0.4) is 0 Å². The molecule has 8 heteroatoms. The molecule has 3 aromatic carbocycles. The van der Waals surface area contributed by atoms with E-state index in [-0.39, 0.29) is 22.7 Å². The third-order valence-corrected chi connectivity index (χ3v) is 6.91. The van der Waals surface area contributed by atoms with Crippen LogP contribution in [-0.4, -0.2) is 18.9 Å². The normalized spacial score (nSPS) is 11.9. The van der Waals surface area contributed by atoms with Crippen LogP contribution in [0.2, 0.25) is 0 Å². The lowest BCUT2D eigenvalue weighted by molar-refractivity contribution is 0.0998. The lowest BCUT2D eigenvalue weighted by atomic mass is 10.2. The van der Waals surface area contributed by atoms with Gasteiger partial charge in [0.1, 0.15) is 0 Å². The minimum absolute atomic E-state index is 0.136. The van der Waals surface area contributed by atoms with Gasteiger partial charge >= 0.3 is 0 Å². The molecule has 4 rings (SSSR count). The van der Waals surface area contributed by atoms with Crippen molar-refractivity contribution < 1.29 is 13.2 Å². The molecule has 0 atom stereocenters. The fourth-order valence-electron chi connectivity index (χ4n) is 3.03. The van der Waals surface area contributed by atoms with E-state index in [0.29, 0.717) is 4.80 Å². The van der Waals surface area contributed by atoms with E-state index in [1.54, 1.807) is 41.0 Å². The van der Waals surface area contributed by atoms with Crippen LogP contribution in [0, 0.1) is 12.3 Å². The summed E-state index contributed by atoms with van der Waals surface area (Å²) in [7, 11) is -3.76. The highest BCUT2D eigenvalue weighted by molar-refractivity contribution is 7.92. The minimum atomic E-state index is -3.76. The summed E-state index contributed by atoms with van der Waals surface area (Å²) in [5.41, 5.74) is 1.44. The van der Waals surface area contributed by atoms with E-state index >= 15 is 0 Å². The van der Waals surface area contributed by atoms with Crippen molar-refractivity contribution in [3.8, 4) is 12.3 Å². The van der Waals surface area contributed by atoms with Crippen molar-refractivity contribution in [2.75, 3.05) is 4.72 Å². The van der Waals surface area contributed by atoms with Gasteiger partial charge in [-0.25, -0.2) is 8.42 Å². The third kappa shape index (κ3) is 4.43. The van der Waals surface area contributed by atoms with Crippen molar-refractivity contribution in [1.82, 2.24) is 4.57 Å². The van der Waals surface area contributed by atoms with Gasteiger partial charge in [-0.3, -0.25) is 9.52 Å². The fraction of sp³-hybridized carbons (Fsp3) is 0.0435. The molecule has 0 aliphatic carbocycles. The first kappa shape index (κ1) is 20.6. The quantitative estimate of drug-likeness (QED) is 0.472. The number of aromatic nitrogens is 1. The number of terminal acetylenes is 1. The summed E-state index contributed by atoms with van der Waals surface area (Å²) in [5.74, 6) is 2.10. The Bertz CT molecular complexity index is 1480. The maximum atomic E-state index is 12.8. The van der Waals surface area contributed by atoms with E-state index in [0.717, 1.165) is 10.2 Å². The number of hydrogen-bond donors (Lipinski definition) is 1. The van der Waals surface area contributed by atoms with Gasteiger partial charge in [0.05, 0.1) is 21.7 Å². The van der Waals surface area contributed by atoms with E-state index in [1.165, 1.54) is 29.5 Å². The Morgan fingerprint density at radius 3 is 2.55 bits per heavy atom. The van der Waals surface area contributed by atoms with Crippen LogP contribution in [0.25, 0.3) is 10.2 Å². The summed E-state index contributed by atoms with van der Waals surface area (Å²) >= 11 is 1.37. The second kappa shape index (κ2) is 8.60. The van der Waals surface area contributed by atoms with Gasteiger partial charge in [-0.2, -0.15) is 4.99 Å². The zero-order valence-corrected chi connectivity index (χ0v) is 17.9. The van der Waals surface area contributed by atoms with Crippen LogP contribution in [0.4, 0.5) is 5.69 Å². The SMILES string of the molecule is C#CCn1c(=NC(=O)c2cccc(NS(=O)(=O)c3ccccc3)c2)sc2ccccc21. The number of carbonyl (C=O) groups is 1. The van der Waals surface area contributed by atoms with Crippen molar-refractivity contribution in [2.24, 2.45) is 4.99 Å². The Morgan fingerprint density at radius 1 is 1.03 bits per heavy atom. The molecule has 0 saturated carbocycles. The molecule has 31 heavy (non-hydrogen) atoms. The van der Waals surface area contributed by atoms with Gasteiger partial charge in [0.15, 0.2) is 4.80 Å². The third-order valence-electron chi connectivity index (χ3n) is 4.45. The highest BCUT2D eigenvalue weighted by Crippen LogP contribution is 2.19. The van der Waals surface area contributed by atoms with Crippen molar-refractivity contribution in [2.45, 2.75) is 11.4 Å². The molecule has 1 N–H and O–H groups in total. The molecule has 154 valence electrons. The second-order valence-electron chi connectivity index (χ2n) is 6.56. The van der Waals surface area contributed by atoms with Gasteiger partial charge in [0, 0.05) is 11.3 Å². The lowest BCUT2D eigenvalue weighted by Crippen LogP contribution is -2.16. The summed E-state index contributed by atoms with van der Waals surface area (Å²) in [6.07, 6.45) is 5.49. The van der Waals surface area contributed by atoms with E-state index < -0.39 is 15.9 Å². The fourth-order valence-corrected chi connectivity index (χ4v) is 5.13. The van der Waals surface area contributed by atoms with E-state index in [4.69, 9.17) is 6.42 Å². The Kier molecular flexibility index (Phi) is 5.71. The zero-order valence-electron chi connectivity index (χ0n) is 16.2. The molecule has 0 aliphatic rings. The molecule has 4 aromatic rings. The number of nitrogens with zero attached hydrogens (tertiary/aromatic N) is 2. The smallest absolute Gasteiger partial charge is 0.279 e. The van der Waals surface area contributed by atoms with Crippen molar-refractivity contribution in [3.63, 3.8) is 0 Å². The molecule has 0 radical (unpaired) electrons. The lowest BCUT2D eigenvalue weighted by Gasteiger charge is -2.08. The monoisotopic (exact) mass is 447 g/mol. The van der Waals surface area contributed by atoms with Gasteiger partial charge in [-0.05, 0) is 42.5 Å². The molecule has 0 aliphatic heterocycles. The van der Waals surface area contributed by atoms with Crippen molar-refractivity contribution >= 4 is 43.2 Å². The van der Waals surface area contributed by atoms with Gasteiger partial charge in [-0.1, -0.05) is 53.7 Å². The highest BCUT2D eigenvalue weighted by Gasteiger charge is 2.15. The largest absolute Gasteiger partial charge is 0.305 e. The second-order valence-corrected chi connectivity index (χ2v) is 9.25. The first-order valence-corrected chi connectivity index (χ1v) is 11.6. The van der Waals surface area contributed by atoms with Crippen molar-refractivity contribution in [1.29, 1.82) is 0 Å². The average molecular weight is 448 g/mol. The highest BCUT2D eigenvalue weighted by atomic mass is 32.2. The predicted molar refractivity (Wildman–Crippen MR) is 122 cm³/mol. The predicted octanol–water partition coefficient (Wildman–Crippen LogP) is 3.88. The van der Waals surface area contributed by atoms with Gasteiger partial charge in [0.2, 0.25) is 0 Å². The van der Waals surface area contributed by atoms with Crippen LogP contribution < -0.4 is 9.52 Å². The molecule has 1 aromatic heterocycles. The topological polar surface area (TPSA) is 80.5 Å². The molecule has 0 fully saturated rings. The Morgan fingerprint density at radius 2 is 1.77 bits per heavy atom. The van der Waals surface area contributed by atoms with Crippen LogP contribution in [0.1, 0.15) is 10.4 Å². The zero-order chi connectivity index (χ0) is 21.8. The number of para-hydroxylation sites is 1. The number of nitrogens with one attached hydrogen (secondary N) is 1.